The van der Waals surface area contributed by atoms with Gasteiger partial charge < -0.3 is 10.6 Å². The van der Waals surface area contributed by atoms with Gasteiger partial charge >= 0.3 is 0 Å². The lowest BCUT2D eigenvalue weighted by molar-refractivity contribution is 0.0601. The summed E-state index contributed by atoms with van der Waals surface area (Å²) in [5, 5.41) is 9.63. The molecule has 1 heterocycles. The molecular formula is C28H32FN5O2. The van der Waals surface area contributed by atoms with E-state index in [1.807, 2.05) is 50.2 Å². The fraction of sp³-hybridized carbons (Fsp3) is 0.357. The smallest absolute Gasteiger partial charge is 0.272 e. The fourth-order valence-corrected chi connectivity index (χ4v) is 4.32. The Morgan fingerprint density at radius 2 is 1.89 bits per heavy atom. The van der Waals surface area contributed by atoms with Gasteiger partial charge in [0.2, 0.25) is 0 Å². The molecule has 2 N–H and O–H groups in total. The second-order valence-corrected chi connectivity index (χ2v) is 9.21. The van der Waals surface area contributed by atoms with Gasteiger partial charge in [0.25, 0.3) is 11.5 Å². The summed E-state index contributed by atoms with van der Waals surface area (Å²) in [6.45, 7) is 8.05. The normalized spacial score (nSPS) is 11.8. The number of benzene rings is 2. The minimum Gasteiger partial charge on any atom is -0.330 e. The molecule has 7 nitrogen and oxygen atoms in total. The number of nitrogens with two attached hydrogens (primary N) is 1. The first-order valence-electron chi connectivity index (χ1n) is 12.0. The van der Waals surface area contributed by atoms with E-state index < -0.39 is 11.6 Å². The van der Waals surface area contributed by atoms with Gasteiger partial charge in [0.05, 0.1) is 18.3 Å². The van der Waals surface area contributed by atoms with Crippen molar-refractivity contribution in [2.75, 3.05) is 13.1 Å². The van der Waals surface area contributed by atoms with E-state index in [0.29, 0.717) is 42.2 Å². The number of nitriles is 1. The SMILES string of the molecule is Cc1cc(C(=O)N(CCCN)C(c2nc(C)c(C#N)c(=O)n2Cc2ccccc2)C(C)C)ccc1F. The second kappa shape index (κ2) is 11.7. The van der Waals surface area contributed by atoms with Crippen LogP contribution in [0.2, 0.25) is 0 Å². The number of aromatic nitrogens is 2. The van der Waals surface area contributed by atoms with E-state index in [0.717, 1.165) is 5.56 Å². The summed E-state index contributed by atoms with van der Waals surface area (Å²) in [6, 6.07) is 15.1. The minimum absolute atomic E-state index is 0.0221. The van der Waals surface area contributed by atoms with Crippen molar-refractivity contribution >= 4 is 5.91 Å². The maximum Gasteiger partial charge on any atom is 0.272 e. The summed E-state index contributed by atoms with van der Waals surface area (Å²) in [4.78, 5) is 33.6. The van der Waals surface area contributed by atoms with Crippen molar-refractivity contribution in [1.29, 1.82) is 5.26 Å². The average molecular weight is 490 g/mol. The molecular weight excluding hydrogens is 457 g/mol. The van der Waals surface area contributed by atoms with Crippen molar-refractivity contribution in [3.05, 3.63) is 98.5 Å². The lowest BCUT2D eigenvalue weighted by atomic mass is 9.98. The number of amides is 1. The molecule has 0 aliphatic heterocycles. The predicted molar refractivity (Wildman–Crippen MR) is 137 cm³/mol. The maximum absolute atomic E-state index is 13.9. The standard InChI is InChI=1S/C28H32FN5O2/c1-18(2)25(33(14-8-13-30)27(35)22-11-12-24(29)19(3)15-22)26-32-20(4)23(16-31)28(36)34(26)17-21-9-6-5-7-10-21/h5-7,9-12,15,18,25H,8,13-14,17,30H2,1-4H3. The van der Waals surface area contributed by atoms with Gasteiger partial charge in [-0.3, -0.25) is 14.2 Å². The molecule has 36 heavy (non-hydrogen) atoms. The number of hydrogen-bond donors (Lipinski definition) is 1. The molecule has 1 unspecified atom stereocenters. The van der Waals surface area contributed by atoms with Crippen LogP contribution in [0.1, 0.15) is 64.9 Å². The van der Waals surface area contributed by atoms with E-state index in [1.54, 1.807) is 18.7 Å². The van der Waals surface area contributed by atoms with E-state index in [-0.39, 0.29) is 29.8 Å². The highest BCUT2D eigenvalue weighted by Crippen LogP contribution is 2.30. The highest BCUT2D eigenvalue weighted by Gasteiger charge is 2.33. The third-order valence-corrected chi connectivity index (χ3v) is 6.18. The minimum atomic E-state index is -0.586. The van der Waals surface area contributed by atoms with E-state index >= 15 is 0 Å². The number of nitrogens with zero attached hydrogens (tertiary/aromatic N) is 4. The first-order valence-corrected chi connectivity index (χ1v) is 12.0. The van der Waals surface area contributed by atoms with Crippen molar-refractivity contribution in [3.63, 3.8) is 0 Å². The Morgan fingerprint density at radius 1 is 1.19 bits per heavy atom. The number of hydrogen-bond acceptors (Lipinski definition) is 5. The number of carbonyl (C=O) groups excluding carboxylic acids is 1. The van der Waals surface area contributed by atoms with Crippen LogP contribution in [0.5, 0.6) is 0 Å². The van der Waals surface area contributed by atoms with Gasteiger partial charge in [-0.25, -0.2) is 9.37 Å². The van der Waals surface area contributed by atoms with Crippen molar-refractivity contribution in [3.8, 4) is 6.07 Å². The van der Waals surface area contributed by atoms with Crippen LogP contribution in [0.15, 0.2) is 53.3 Å². The summed E-state index contributed by atoms with van der Waals surface area (Å²) in [5.74, 6) is -0.414. The van der Waals surface area contributed by atoms with Crippen molar-refractivity contribution in [2.24, 2.45) is 11.7 Å². The Bertz CT molecular complexity index is 1330. The van der Waals surface area contributed by atoms with Gasteiger partial charge in [-0.1, -0.05) is 44.2 Å². The highest BCUT2D eigenvalue weighted by atomic mass is 19.1. The van der Waals surface area contributed by atoms with E-state index in [4.69, 9.17) is 10.7 Å². The zero-order chi connectivity index (χ0) is 26.4. The van der Waals surface area contributed by atoms with Crippen LogP contribution in [-0.2, 0) is 6.54 Å². The summed E-state index contributed by atoms with van der Waals surface area (Å²) >= 11 is 0. The topological polar surface area (TPSA) is 105 Å². The quantitative estimate of drug-likeness (QED) is 0.487. The zero-order valence-electron chi connectivity index (χ0n) is 21.2. The fourth-order valence-electron chi connectivity index (χ4n) is 4.32. The summed E-state index contributed by atoms with van der Waals surface area (Å²) < 4.78 is 15.4. The molecule has 1 aromatic heterocycles. The lowest BCUT2D eigenvalue weighted by Crippen LogP contribution is -2.43. The summed E-state index contributed by atoms with van der Waals surface area (Å²) in [5.41, 5.74) is 7.23. The van der Waals surface area contributed by atoms with Gasteiger partial charge in [0.15, 0.2) is 0 Å². The molecule has 0 aliphatic rings. The Morgan fingerprint density at radius 3 is 2.47 bits per heavy atom. The van der Waals surface area contributed by atoms with E-state index in [2.05, 4.69) is 0 Å². The zero-order valence-corrected chi connectivity index (χ0v) is 21.2. The first kappa shape index (κ1) is 26.8. The Balaban J connectivity index is 2.22. The number of aryl methyl sites for hydroxylation is 2. The van der Waals surface area contributed by atoms with Gasteiger partial charge in [-0.15, -0.1) is 0 Å². The molecule has 0 saturated heterocycles. The van der Waals surface area contributed by atoms with Crippen LogP contribution >= 0.6 is 0 Å². The summed E-state index contributed by atoms with van der Waals surface area (Å²) in [6.07, 6.45) is 0.535. The molecule has 0 bridgehead atoms. The molecule has 0 radical (unpaired) electrons. The van der Waals surface area contributed by atoms with E-state index in [9.17, 15) is 19.2 Å². The number of halogens is 1. The largest absolute Gasteiger partial charge is 0.330 e. The van der Waals surface area contributed by atoms with Crippen molar-refractivity contribution in [1.82, 2.24) is 14.5 Å². The lowest BCUT2D eigenvalue weighted by Gasteiger charge is -2.35. The highest BCUT2D eigenvalue weighted by molar-refractivity contribution is 5.94. The second-order valence-electron chi connectivity index (χ2n) is 9.21. The Labute approximate surface area is 211 Å². The van der Waals surface area contributed by atoms with Gasteiger partial charge in [-0.2, -0.15) is 5.26 Å². The molecule has 0 aliphatic carbocycles. The molecule has 0 saturated carbocycles. The van der Waals surface area contributed by atoms with Crippen molar-refractivity contribution < 1.29 is 9.18 Å². The van der Waals surface area contributed by atoms with Crippen LogP contribution in [0.3, 0.4) is 0 Å². The van der Waals surface area contributed by atoms with Crippen LogP contribution in [0, 0.1) is 36.9 Å². The molecule has 2 aromatic carbocycles. The molecule has 1 amide bonds. The third-order valence-electron chi connectivity index (χ3n) is 6.18. The summed E-state index contributed by atoms with van der Waals surface area (Å²) in [7, 11) is 0. The molecule has 0 fully saturated rings. The van der Waals surface area contributed by atoms with Gasteiger partial charge in [0.1, 0.15) is 23.3 Å². The van der Waals surface area contributed by atoms with Crippen LogP contribution in [0.4, 0.5) is 4.39 Å². The van der Waals surface area contributed by atoms with Gasteiger partial charge in [0, 0.05) is 12.1 Å². The molecule has 188 valence electrons. The molecule has 1 atom stereocenters. The number of rotatable bonds is 9. The number of carbonyl (C=O) groups is 1. The van der Waals surface area contributed by atoms with Crippen molar-refractivity contribution in [2.45, 2.75) is 46.7 Å². The van der Waals surface area contributed by atoms with Crippen LogP contribution in [0.25, 0.3) is 0 Å². The van der Waals surface area contributed by atoms with Crippen LogP contribution in [-0.4, -0.2) is 33.4 Å². The predicted octanol–water partition coefficient (Wildman–Crippen LogP) is 4.11. The molecule has 3 rings (SSSR count). The average Bonchev–Trinajstić information content (AvgIpc) is 2.85. The Hall–Kier alpha value is -3.83. The molecule has 3 aromatic rings. The van der Waals surface area contributed by atoms with E-state index in [1.165, 1.54) is 22.8 Å². The maximum atomic E-state index is 13.9. The molecule has 8 heteroatoms. The Kier molecular flexibility index (Phi) is 8.73. The van der Waals surface area contributed by atoms with Gasteiger partial charge in [-0.05, 0) is 62.1 Å². The third kappa shape index (κ3) is 5.69. The first-order chi connectivity index (χ1) is 17.2. The monoisotopic (exact) mass is 489 g/mol. The molecule has 0 spiro atoms. The van der Waals surface area contributed by atoms with Crippen LogP contribution < -0.4 is 11.3 Å².